The Morgan fingerprint density at radius 2 is 1.93 bits per heavy atom. The van der Waals surface area contributed by atoms with Crippen molar-refractivity contribution in [1.29, 1.82) is 0 Å². The lowest BCUT2D eigenvalue weighted by Crippen LogP contribution is -2.27. The fraction of sp³-hybridized carbons (Fsp3) is 0.273. The molecule has 4 aromatic rings. The molecular weight excluding hydrogens is 380 g/mol. The minimum Gasteiger partial charge on any atom is -0.497 e. The number of nitrogens with one attached hydrogen (secondary N) is 1. The smallest absolute Gasteiger partial charge is 0.242 e. The van der Waals surface area contributed by atoms with Gasteiger partial charge in [-0.05, 0) is 43.2 Å². The van der Waals surface area contributed by atoms with Crippen LogP contribution in [0.1, 0.15) is 17.0 Å². The van der Waals surface area contributed by atoms with Crippen LogP contribution in [0.4, 0.5) is 0 Å². The molecule has 0 aliphatic carbocycles. The predicted octanol–water partition coefficient (Wildman–Crippen LogP) is 2.77. The van der Waals surface area contributed by atoms with Crippen LogP contribution in [-0.2, 0) is 24.9 Å². The maximum absolute atomic E-state index is 12.5. The summed E-state index contributed by atoms with van der Waals surface area (Å²) in [6, 6.07) is 9.83. The Bertz CT molecular complexity index is 1210. The number of fused-ring (bicyclic) bond motifs is 1. The summed E-state index contributed by atoms with van der Waals surface area (Å²) in [6.45, 7) is 4.44. The van der Waals surface area contributed by atoms with Gasteiger partial charge in [-0.2, -0.15) is 10.2 Å². The molecule has 0 spiro atoms. The molecular formula is C22H24N6O2. The molecule has 0 saturated carbocycles. The molecule has 1 amide bonds. The van der Waals surface area contributed by atoms with Crippen molar-refractivity contribution in [1.82, 2.24) is 29.9 Å². The van der Waals surface area contributed by atoms with Crippen molar-refractivity contribution in [3.8, 4) is 16.9 Å². The van der Waals surface area contributed by atoms with Crippen molar-refractivity contribution in [2.45, 2.75) is 26.9 Å². The van der Waals surface area contributed by atoms with E-state index in [9.17, 15) is 4.79 Å². The molecule has 4 rings (SSSR count). The SMILES string of the molecule is COc1ccc(-c2ccnc3c2c(C)nn3CC(=O)NCc2cnn(C)c2C)cc1. The van der Waals surface area contributed by atoms with Crippen molar-refractivity contribution >= 4 is 16.9 Å². The number of ether oxygens (including phenoxy) is 1. The number of hydrogen-bond acceptors (Lipinski definition) is 5. The van der Waals surface area contributed by atoms with Crippen molar-refractivity contribution < 1.29 is 9.53 Å². The summed E-state index contributed by atoms with van der Waals surface area (Å²) in [5.74, 6) is 0.677. The van der Waals surface area contributed by atoms with Crippen LogP contribution in [-0.4, -0.2) is 37.6 Å². The number of nitrogens with zero attached hydrogens (tertiary/aromatic N) is 5. The average molecular weight is 404 g/mol. The Kier molecular flexibility index (Phi) is 5.22. The number of methoxy groups -OCH3 is 1. The summed E-state index contributed by atoms with van der Waals surface area (Å²) >= 11 is 0. The van der Waals surface area contributed by atoms with Gasteiger partial charge in [-0.15, -0.1) is 0 Å². The lowest BCUT2D eigenvalue weighted by molar-refractivity contribution is -0.121. The zero-order valence-corrected chi connectivity index (χ0v) is 17.5. The van der Waals surface area contributed by atoms with Crippen LogP contribution in [0.5, 0.6) is 5.75 Å². The third-order valence-corrected chi connectivity index (χ3v) is 5.32. The second-order valence-electron chi connectivity index (χ2n) is 7.18. The quantitative estimate of drug-likeness (QED) is 0.534. The number of amides is 1. The Morgan fingerprint density at radius 3 is 2.60 bits per heavy atom. The second kappa shape index (κ2) is 7.98. The van der Waals surface area contributed by atoms with Gasteiger partial charge < -0.3 is 10.1 Å². The third-order valence-electron chi connectivity index (χ3n) is 5.32. The first-order valence-electron chi connectivity index (χ1n) is 9.68. The topological polar surface area (TPSA) is 86.9 Å². The van der Waals surface area contributed by atoms with Gasteiger partial charge in [-0.1, -0.05) is 12.1 Å². The number of carbonyl (C=O) groups excluding carboxylic acids is 1. The molecule has 1 aromatic carbocycles. The van der Waals surface area contributed by atoms with Crippen LogP contribution in [0.3, 0.4) is 0 Å². The first kappa shape index (κ1) is 19.6. The summed E-state index contributed by atoms with van der Waals surface area (Å²) in [7, 11) is 3.53. The molecule has 8 heteroatoms. The number of pyridine rings is 1. The lowest BCUT2D eigenvalue weighted by atomic mass is 10.0. The molecule has 0 saturated heterocycles. The van der Waals surface area contributed by atoms with Gasteiger partial charge in [-0.3, -0.25) is 9.48 Å². The van der Waals surface area contributed by atoms with Crippen molar-refractivity contribution in [2.24, 2.45) is 7.05 Å². The molecule has 0 radical (unpaired) electrons. The molecule has 154 valence electrons. The predicted molar refractivity (Wildman–Crippen MR) is 114 cm³/mol. The summed E-state index contributed by atoms with van der Waals surface area (Å²) in [5, 5.41) is 12.7. The van der Waals surface area contributed by atoms with E-state index in [2.05, 4.69) is 20.5 Å². The van der Waals surface area contributed by atoms with Gasteiger partial charge in [0.2, 0.25) is 5.91 Å². The van der Waals surface area contributed by atoms with E-state index in [-0.39, 0.29) is 12.5 Å². The summed E-state index contributed by atoms with van der Waals surface area (Å²) in [6.07, 6.45) is 3.52. The summed E-state index contributed by atoms with van der Waals surface area (Å²) < 4.78 is 8.69. The zero-order valence-electron chi connectivity index (χ0n) is 17.5. The molecule has 1 N–H and O–H groups in total. The maximum atomic E-state index is 12.5. The number of aromatic nitrogens is 5. The molecule has 0 aliphatic rings. The molecule has 3 aromatic heterocycles. The highest BCUT2D eigenvalue weighted by Crippen LogP contribution is 2.30. The molecule has 0 bridgehead atoms. The minimum atomic E-state index is -0.126. The molecule has 0 unspecified atom stereocenters. The van der Waals surface area contributed by atoms with Gasteiger partial charge in [0, 0.05) is 36.4 Å². The molecule has 30 heavy (non-hydrogen) atoms. The fourth-order valence-corrected chi connectivity index (χ4v) is 3.51. The van der Waals surface area contributed by atoms with Gasteiger partial charge in [0.15, 0.2) is 5.65 Å². The van der Waals surface area contributed by atoms with E-state index in [4.69, 9.17) is 4.74 Å². The Balaban J connectivity index is 1.58. The highest BCUT2D eigenvalue weighted by molar-refractivity contribution is 5.95. The van der Waals surface area contributed by atoms with Crippen LogP contribution < -0.4 is 10.1 Å². The monoisotopic (exact) mass is 404 g/mol. The van der Waals surface area contributed by atoms with Crippen LogP contribution in [0, 0.1) is 13.8 Å². The van der Waals surface area contributed by atoms with E-state index in [0.29, 0.717) is 12.2 Å². The van der Waals surface area contributed by atoms with Gasteiger partial charge in [-0.25, -0.2) is 9.67 Å². The van der Waals surface area contributed by atoms with Crippen LogP contribution >= 0.6 is 0 Å². The Hall–Kier alpha value is -3.68. The fourth-order valence-electron chi connectivity index (χ4n) is 3.51. The van der Waals surface area contributed by atoms with Crippen LogP contribution in [0.15, 0.2) is 42.7 Å². The van der Waals surface area contributed by atoms with Crippen molar-refractivity contribution in [3.63, 3.8) is 0 Å². The number of carbonyl (C=O) groups is 1. The normalized spacial score (nSPS) is 11.1. The van der Waals surface area contributed by atoms with Gasteiger partial charge >= 0.3 is 0 Å². The second-order valence-corrected chi connectivity index (χ2v) is 7.18. The van der Waals surface area contributed by atoms with E-state index in [1.165, 1.54) is 0 Å². The van der Waals surface area contributed by atoms with Crippen LogP contribution in [0.2, 0.25) is 0 Å². The van der Waals surface area contributed by atoms with E-state index in [1.54, 1.807) is 28.9 Å². The molecule has 8 nitrogen and oxygen atoms in total. The van der Waals surface area contributed by atoms with E-state index >= 15 is 0 Å². The molecule has 0 fully saturated rings. The maximum Gasteiger partial charge on any atom is 0.242 e. The largest absolute Gasteiger partial charge is 0.497 e. The Labute approximate surface area is 174 Å². The van der Waals surface area contributed by atoms with E-state index in [1.807, 2.05) is 51.2 Å². The minimum absolute atomic E-state index is 0.0999. The number of benzene rings is 1. The number of rotatable bonds is 6. The van der Waals surface area contributed by atoms with E-state index < -0.39 is 0 Å². The van der Waals surface area contributed by atoms with Gasteiger partial charge in [0.1, 0.15) is 12.3 Å². The standard InChI is InChI=1S/C22H24N6O2/c1-14-21-19(16-5-7-18(30-4)8-6-16)9-10-23-22(21)28(26-14)13-20(29)24-11-17-12-25-27(3)15(17)2/h5-10,12H,11,13H2,1-4H3,(H,24,29). The van der Waals surface area contributed by atoms with Gasteiger partial charge in [0.25, 0.3) is 0 Å². The molecule has 0 aliphatic heterocycles. The van der Waals surface area contributed by atoms with Crippen molar-refractivity contribution in [2.75, 3.05) is 7.11 Å². The number of aryl methyl sites for hydroxylation is 2. The molecule has 3 heterocycles. The first-order chi connectivity index (χ1) is 14.5. The van der Waals surface area contributed by atoms with E-state index in [0.717, 1.165) is 39.2 Å². The van der Waals surface area contributed by atoms with Crippen molar-refractivity contribution in [3.05, 3.63) is 59.7 Å². The van der Waals surface area contributed by atoms with Gasteiger partial charge in [0.05, 0.1) is 19.0 Å². The number of hydrogen-bond donors (Lipinski definition) is 1. The summed E-state index contributed by atoms with van der Waals surface area (Å²) in [5.41, 5.74) is 5.61. The summed E-state index contributed by atoms with van der Waals surface area (Å²) in [4.78, 5) is 17.0. The lowest BCUT2D eigenvalue weighted by Gasteiger charge is -2.07. The zero-order chi connectivity index (χ0) is 21.3. The first-order valence-corrected chi connectivity index (χ1v) is 9.68. The highest BCUT2D eigenvalue weighted by Gasteiger charge is 2.16. The highest BCUT2D eigenvalue weighted by atomic mass is 16.5. The third kappa shape index (κ3) is 3.63. The molecule has 0 atom stereocenters. The van der Waals surface area contributed by atoms with Crippen LogP contribution in [0.25, 0.3) is 22.2 Å². The average Bonchev–Trinajstić information content (AvgIpc) is 3.25. The Morgan fingerprint density at radius 1 is 1.17 bits per heavy atom.